The second-order valence-corrected chi connectivity index (χ2v) is 15.1. The highest BCUT2D eigenvalue weighted by Crippen LogP contribution is 2.47. The highest BCUT2D eigenvalue weighted by atomic mass is 15.2. The molecule has 2 fully saturated rings. The third kappa shape index (κ3) is 6.11. The summed E-state index contributed by atoms with van der Waals surface area (Å²) < 4.78 is 0. The van der Waals surface area contributed by atoms with Crippen LogP contribution in [0.2, 0.25) is 0 Å². The van der Waals surface area contributed by atoms with Crippen LogP contribution in [0, 0.1) is 0 Å². The van der Waals surface area contributed by atoms with Crippen LogP contribution in [-0.4, -0.2) is 11.3 Å². The zero-order valence-corrected chi connectivity index (χ0v) is 30.1. The van der Waals surface area contributed by atoms with Gasteiger partial charge in [-0.3, -0.25) is 0 Å². The molecule has 268 valence electrons. The van der Waals surface area contributed by atoms with E-state index in [1.807, 2.05) is 48.5 Å². The smallest absolute Gasteiger partial charge is 0.108 e. The molecule has 10 nitrogen and oxygen atoms in total. The lowest BCUT2D eigenvalue weighted by Gasteiger charge is -2.44. The lowest BCUT2D eigenvalue weighted by atomic mass is 9.86. The Morgan fingerprint density at radius 1 is 0.333 bits per heavy atom. The number of azo groups is 3. The Hall–Kier alpha value is -6.16. The first-order valence-electron chi connectivity index (χ1n) is 19.3. The molecule has 4 aliphatic rings. The van der Waals surface area contributed by atoms with Gasteiger partial charge in [0.2, 0.25) is 0 Å². The highest BCUT2D eigenvalue weighted by molar-refractivity contribution is 6.10. The van der Waals surface area contributed by atoms with Crippen LogP contribution in [0.15, 0.2) is 140 Å². The van der Waals surface area contributed by atoms with Crippen molar-refractivity contribution < 1.29 is 0 Å². The van der Waals surface area contributed by atoms with E-state index in [4.69, 9.17) is 0 Å². The lowest BCUT2D eigenvalue weighted by molar-refractivity contribution is 0.358. The van der Waals surface area contributed by atoms with Gasteiger partial charge in [-0.25, -0.2) is 0 Å². The number of benzene rings is 6. The van der Waals surface area contributed by atoms with Crippen LogP contribution in [0.3, 0.4) is 0 Å². The number of nitrogens with zero attached hydrogens (tertiary/aromatic N) is 6. The molecule has 0 radical (unpaired) electrons. The van der Waals surface area contributed by atoms with Gasteiger partial charge < -0.3 is 21.3 Å². The summed E-state index contributed by atoms with van der Waals surface area (Å²) in [6, 6.07) is 36.4. The van der Waals surface area contributed by atoms with E-state index in [1.54, 1.807) is 0 Å². The van der Waals surface area contributed by atoms with Crippen LogP contribution < -0.4 is 21.3 Å². The molecule has 0 saturated heterocycles. The molecule has 6 aromatic carbocycles. The number of anilines is 4. The molecule has 4 N–H and O–H groups in total. The fourth-order valence-corrected chi connectivity index (χ4v) is 8.79. The van der Waals surface area contributed by atoms with E-state index in [0.29, 0.717) is 0 Å². The Balaban J connectivity index is 0.798. The Morgan fingerprint density at radius 3 is 1.04 bits per heavy atom. The van der Waals surface area contributed by atoms with E-state index in [9.17, 15) is 0 Å². The second kappa shape index (κ2) is 13.4. The van der Waals surface area contributed by atoms with Crippen molar-refractivity contribution in [2.24, 2.45) is 30.7 Å². The summed E-state index contributed by atoms with van der Waals surface area (Å²) in [5.41, 5.74) is 9.21. The fraction of sp³-hybridized carbons (Fsp3) is 0.273. The maximum atomic E-state index is 4.65. The van der Waals surface area contributed by atoms with Gasteiger partial charge in [0.1, 0.15) is 11.3 Å². The van der Waals surface area contributed by atoms with E-state index in [-0.39, 0.29) is 11.3 Å². The molecule has 0 amide bonds. The lowest BCUT2D eigenvalue weighted by Crippen LogP contribution is -2.49. The van der Waals surface area contributed by atoms with Crippen LogP contribution in [-0.2, 0) is 0 Å². The number of nitrogens with one attached hydrogen (secondary N) is 4. The Morgan fingerprint density at radius 2 is 0.667 bits per heavy atom. The van der Waals surface area contributed by atoms with Crippen LogP contribution in [0.4, 0.5) is 56.9 Å². The average molecular weight is 711 g/mol. The first kappa shape index (κ1) is 32.5. The normalized spacial score (nSPS) is 18.3. The predicted molar refractivity (Wildman–Crippen MR) is 219 cm³/mol. The van der Waals surface area contributed by atoms with Crippen molar-refractivity contribution in [3.8, 4) is 0 Å². The van der Waals surface area contributed by atoms with Gasteiger partial charge in [-0.2, -0.15) is 20.5 Å². The summed E-state index contributed by atoms with van der Waals surface area (Å²) in [5, 5.41) is 47.1. The molecule has 2 aliphatic heterocycles. The molecule has 6 aromatic rings. The van der Waals surface area contributed by atoms with Crippen molar-refractivity contribution in [2.75, 3.05) is 21.3 Å². The number of hydrogen-bond acceptors (Lipinski definition) is 10. The summed E-state index contributed by atoms with van der Waals surface area (Å²) >= 11 is 0. The minimum Gasteiger partial charge on any atom is -0.362 e. The number of hydrogen-bond donors (Lipinski definition) is 4. The molecular formula is C44H42N10. The van der Waals surface area contributed by atoms with Gasteiger partial charge in [0.05, 0.1) is 34.1 Å². The number of rotatable bonds is 6. The van der Waals surface area contributed by atoms with E-state index in [0.717, 1.165) is 70.6 Å². The van der Waals surface area contributed by atoms with Gasteiger partial charge in [-0.15, -0.1) is 10.2 Å². The van der Waals surface area contributed by atoms with Gasteiger partial charge in [0.25, 0.3) is 0 Å². The molecule has 2 aliphatic carbocycles. The summed E-state index contributed by atoms with van der Waals surface area (Å²) in [6.45, 7) is 0. The van der Waals surface area contributed by atoms with Gasteiger partial charge in [-0.05, 0) is 136 Å². The minimum atomic E-state index is -0.0504. The summed E-state index contributed by atoms with van der Waals surface area (Å²) in [6.07, 6.45) is 12.1. The Kier molecular flexibility index (Phi) is 8.04. The summed E-state index contributed by atoms with van der Waals surface area (Å²) in [7, 11) is 0. The van der Waals surface area contributed by atoms with Crippen LogP contribution in [0.5, 0.6) is 0 Å². The van der Waals surface area contributed by atoms with Crippen molar-refractivity contribution in [3.63, 3.8) is 0 Å². The van der Waals surface area contributed by atoms with Gasteiger partial charge in [0.15, 0.2) is 0 Å². The van der Waals surface area contributed by atoms with Crippen molar-refractivity contribution in [1.82, 2.24) is 0 Å². The minimum absolute atomic E-state index is 0.0504. The zero-order chi connectivity index (χ0) is 36.0. The topological polar surface area (TPSA) is 122 Å². The SMILES string of the molecule is c1cc2c3c(ccc(/N=N/c4ccc(/N=N/c5ccc(/N=N/c6ccc7c8c(cccc68)NC6(CCCCC6)N7)cc5)cc4)c3c1)NC1(CCCCC1)N2. The second-order valence-electron chi connectivity index (χ2n) is 15.1. The van der Waals surface area contributed by atoms with E-state index in [1.165, 1.54) is 72.0 Å². The van der Waals surface area contributed by atoms with E-state index < -0.39 is 0 Å². The molecule has 10 heteroatoms. The fourth-order valence-electron chi connectivity index (χ4n) is 8.79. The molecule has 2 heterocycles. The first-order valence-corrected chi connectivity index (χ1v) is 19.3. The third-order valence-corrected chi connectivity index (χ3v) is 11.5. The third-order valence-electron chi connectivity index (χ3n) is 11.5. The monoisotopic (exact) mass is 710 g/mol. The molecule has 0 unspecified atom stereocenters. The summed E-state index contributed by atoms with van der Waals surface area (Å²) in [5.74, 6) is 0. The van der Waals surface area contributed by atoms with E-state index in [2.05, 4.69) is 113 Å². The van der Waals surface area contributed by atoms with Crippen molar-refractivity contribution in [2.45, 2.75) is 75.5 Å². The molecule has 0 atom stereocenters. The molecule has 2 saturated carbocycles. The largest absolute Gasteiger partial charge is 0.362 e. The van der Waals surface area contributed by atoms with Crippen LogP contribution in [0.25, 0.3) is 21.5 Å². The van der Waals surface area contributed by atoms with Gasteiger partial charge >= 0.3 is 0 Å². The average Bonchev–Trinajstić information content (AvgIpc) is 3.21. The van der Waals surface area contributed by atoms with Crippen molar-refractivity contribution in [1.29, 1.82) is 0 Å². The highest BCUT2D eigenvalue weighted by Gasteiger charge is 2.37. The molecule has 10 rings (SSSR count). The molecule has 0 bridgehead atoms. The zero-order valence-electron chi connectivity index (χ0n) is 30.1. The Bertz CT molecular complexity index is 2250. The Labute approximate surface area is 314 Å². The van der Waals surface area contributed by atoms with E-state index >= 15 is 0 Å². The standard InChI is InChI=1S/C44H42N10/c1-3-25-43(26-4-1)45-37-11-7-9-33-35(21-23-39(47-43)41(33)37)53-51-31-17-13-29(14-18-31)49-50-30-15-19-32(20-16-30)52-54-36-22-24-40-42-34(36)10-8-12-38(42)46-44(48-40)27-5-2-6-28-44/h7-24,45-48H,1-6,25-28H2/b50-49+,53-51+,54-52+. The first-order chi connectivity index (χ1) is 26.6. The predicted octanol–water partition coefficient (Wildman–Crippen LogP) is 14.2. The van der Waals surface area contributed by atoms with Gasteiger partial charge in [0, 0.05) is 44.3 Å². The maximum absolute atomic E-state index is 4.65. The molecule has 54 heavy (non-hydrogen) atoms. The van der Waals surface area contributed by atoms with Crippen molar-refractivity contribution >= 4 is 78.4 Å². The molecule has 2 spiro atoms. The quantitative estimate of drug-likeness (QED) is 0.128. The molecular weight excluding hydrogens is 669 g/mol. The van der Waals surface area contributed by atoms with Crippen LogP contribution in [0.1, 0.15) is 64.2 Å². The van der Waals surface area contributed by atoms with Gasteiger partial charge in [-0.1, -0.05) is 37.1 Å². The summed E-state index contributed by atoms with van der Waals surface area (Å²) in [4.78, 5) is 0. The van der Waals surface area contributed by atoms with Crippen LogP contribution >= 0.6 is 0 Å². The molecule has 0 aromatic heterocycles. The maximum Gasteiger partial charge on any atom is 0.108 e. The van der Waals surface area contributed by atoms with Crippen molar-refractivity contribution in [3.05, 3.63) is 109 Å².